The van der Waals surface area contributed by atoms with E-state index in [0.29, 0.717) is 19.2 Å². The molecule has 0 spiro atoms. The lowest BCUT2D eigenvalue weighted by Gasteiger charge is -2.46. The summed E-state index contributed by atoms with van der Waals surface area (Å²) in [5.41, 5.74) is -0.306. The minimum Gasteiger partial charge on any atom is -0.338 e. The van der Waals surface area contributed by atoms with Gasteiger partial charge in [0.15, 0.2) is 0 Å². The van der Waals surface area contributed by atoms with Crippen LogP contribution in [0.3, 0.4) is 0 Å². The average Bonchev–Trinajstić information content (AvgIpc) is 2.78. The van der Waals surface area contributed by atoms with E-state index in [1.54, 1.807) is 4.90 Å². The van der Waals surface area contributed by atoms with Crippen molar-refractivity contribution >= 4 is 5.91 Å². The van der Waals surface area contributed by atoms with E-state index in [1.165, 1.54) is 0 Å². The van der Waals surface area contributed by atoms with Gasteiger partial charge < -0.3 is 9.80 Å². The molecule has 0 N–H and O–H groups in total. The van der Waals surface area contributed by atoms with Crippen LogP contribution in [0.5, 0.6) is 0 Å². The molecule has 0 bridgehead atoms. The Bertz CT molecular complexity index is 942. The van der Waals surface area contributed by atoms with Crippen molar-refractivity contribution in [1.29, 1.82) is 0 Å². The Labute approximate surface area is 185 Å². The summed E-state index contributed by atoms with van der Waals surface area (Å²) in [4.78, 5) is 19.4. The van der Waals surface area contributed by atoms with Crippen molar-refractivity contribution in [2.45, 2.75) is 24.6 Å². The van der Waals surface area contributed by atoms with Gasteiger partial charge in [0.05, 0.1) is 5.56 Å². The molecular weight excluding hydrogens is 422 g/mol. The summed E-state index contributed by atoms with van der Waals surface area (Å²) < 4.78 is 53.2. The maximum absolute atomic E-state index is 13.9. The van der Waals surface area contributed by atoms with Gasteiger partial charge in [-0.05, 0) is 37.2 Å². The number of carbonyl (C=O) groups is 1. The van der Waals surface area contributed by atoms with E-state index in [1.807, 2.05) is 30.3 Å². The highest BCUT2D eigenvalue weighted by atomic mass is 19.4. The lowest BCUT2D eigenvalue weighted by molar-refractivity contribution is -0.137. The fraction of sp³-hybridized carbons (Fsp3) is 0.458. The van der Waals surface area contributed by atoms with Crippen LogP contribution < -0.4 is 0 Å². The van der Waals surface area contributed by atoms with Gasteiger partial charge in [0.2, 0.25) is 0 Å². The topological polar surface area (TPSA) is 26.8 Å². The summed E-state index contributed by atoms with van der Waals surface area (Å²) in [5, 5.41) is 0. The minimum absolute atomic E-state index is 0.0351. The molecule has 32 heavy (non-hydrogen) atoms. The van der Waals surface area contributed by atoms with E-state index >= 15 is 0 Å². The van der Waals surface area contributed by atoms with Gasteiger partial charge in [-0.25, -0.2) is 4.39 Å². The Hall–Kier alpha value is -2.45. The molecule has 2 saturated heterocycles. The number of piperazine rings is 1. The van der Waals surface area contributed by atoms with Gasteiger partial charge in [0.1, 0.15) is 5.82 Å². The number of nitrogens with zero attached hydrogens (tertiary/aromatic N) is 3. The first-order valence-electron chi connectivity index (χ1n) is 10.9. The molecule has 1 amide bonds. The van der Waals surface area contributed by atoms with Crippen LogP contribution in [0.1, 0.15) is 33.8 Å². The van der Waals surface area contributed by atoms with Crippen LogP contribution in [0, 0.1) is 5.82 Å². The van der Waals surface area contributed by atoms with Gasteiger partial charge in [-0.1, -0.05) is 30.3 Å². The standard InChI is InChI=1S/C24H27F4N3O/c1-29-9-11-30(12-10-29)22-7-8-31(16-21(22)17-5-3-2-4-6-17)23(32)18-13-19(24(26,27)28)15-20(25)14-18/h2-6,13-15,21-22H,7-12,16H2,1H3/t21-,22-/m0/s1. The summed E-state index contributed by atoms with van der Waals surface area (Å²) in [6.45, 7) is 4.65. The van der Waals surface area contributed by atoms with E-state index < -0.39 is 23.5 Å². The monoisotopic (exact) mass is 449 g/mol. The fourth-order valence-corrected chi connectivity index (χ4v) is 4.80. The number of hydrogen-bond donors (Lipinski definition) is 0. The van der Waals surface area contributed by atoms with Gasteiger partial charge >= 0.3 is 6.18 Å². The summed E-state index contributed by atoms with van der Waals surface area (Å²) >= 11 is 0. The Morgan fingerprint density at radius 3 is 2.31 bits per heavy atom. The smallest absolute Gasteiger partial charge is 0.338 e. The molecule has 0 aliphatic carbocycles. The van der Waals surface area contributed by atoms with Crippen molar-refractivity contribution in [3.8, 4) is 0 Å². The van der Waals surface area contributed by atoms with Crippen LogP contribution in [0.25, 0.3) is 0 Å². The molecule has 2 aliphatic rings. The second-order valence-electron chi connectivity index (χ2n) is 8.69. The van der Waals surface area contributed by atoms with E-state index in [4.69, 9.17) is 0 Å². The van der Waals surface area contributed by atoms with E-state index in [9.17, 15) is 22.4 Å². The van der Waals surface area contributed by atoms with Gasteiger partial charge in [-0.3, -0.25) is 9.69 Å². The van der Waals surface area contributed by atoms with Crippen LogP contribution in [0.4, 0.5) is 17.6 Å². The number of hydrogen-bond acceptors (Lipinski definition) is 3. The van der Waals surface area contributed by atoms with E-state index in [-0.39, 0.29) is 17.5 Å². The van der Waals surface area contributed by atoms with Crippen LogP contribution in [-0.4, -0.2) is 73.0 Å². The van der Waals surface area contributed by atoms with Gasteiger partial charge in [0.25, 0.3) is 5.91 Å². The molecular formula is C24H27F4N3O. The lowest BCUT2D eigenvalue weighted by Crippen LogP contribution is -2.56. The van der Waals surface area contributed by atoms with Gasteiger partial charge in [-0.15, -0.1) is 0 Å². The van der Waals surface area contributed by atoms with Crippen LogP contribution in [0.2, 0.25) is 0 Å². The molecule has 2 atom stereocenters. The Morgan fingerprint density at radius 1 is 0.969 bits per heavy atom. The molecule has 0 aromatic heterocycles. The highest BCUT2D eigenvalue weighted by molar-refractivity contribution is 5.94. The van der Waals surface area contributed by atoms with Crippen LogP contribution >= 0.6 is 0 Å². The number of amides is 1. The number of benzene rings is 2. The first-order valence-corrected chi connectivity index (χ1v) is 10.9. The first kappa shape index (κ1) is 22.7. The highest BCUT2D eigenvalue weighted by Gasteiger charge is 2.38. The summed E-state index contributed by atoms with van der Waals surface area (Å²) in [6.07, 6.45) is -3.99. The van der Waals surface area contributed by atoms with Crippen molar-refractivity contribution in [3.05, 3.63) is 71.0 Å². The highest BCUT2D eigenvalue weighted by Crippen LogP contribution is 2.34. The molecule has 2 fully saturated rings. The number of likely N-dealkylation sites (tertiary alicyclic amines) is 1. The molecule has 2 aromatic carbocycles. The van der Waals surface area contributed by atoms with Crippen molar-refractivity contribution in [1.82, 2.24) is 14.7 Å². The molecule has 8 heteroatoms. The number of likely N-dealkylation sites (N-methyl/N-ethyl adjacent to an activating group) is 1. The molecule has 2 aliphatic heterocycles. The summed E-state index contributed by atoms with van der Waals surface area (Å²) in [5.74, 6) is -1.59. The normalized spacial score (nSPS) is 23.3. The maximum Gasteiger partial charge on any atom is 0.416 e. The second kappa shape index (κ2) is 9.19. The third-order valence-corrected chi connectivity index (χ3v) is 6.57. The van der Waals surface area contributed by atoms with Crippen molar-refractivity contribution in [2.75, 3.05) is 46.3 Å². The predicted octanol–water partition coefficient (Wildman–Crippen LogP) is 4.09. The number of rotatable bonds is 3. The quantitative estimate of drug-likeness (QED) is 0.661. The number of halogens is 4. The molecule has 0 unspecified atom stereocenters. The molecule has 172 valence electrons. The average molecular weight is 449 g/mol. The fourth-order valence-electron chi connectivity index (χ4n) is 4.80. The number of carbonyl (C=O) groups excluding carboxylic acids is 1. The van der Waals surface area contributed by atoms with Crippen molar-refractivity contribution in [3.63, 3.8) is 0 Å². The minimum atomic E-state index is -4.71. The van der Waals surface area contributed by atoms with Crippen LogP contribution in [0.15, 0.2) is 48.5 Å². The van der Waals surface area contributed by atoms with Crippen LogP contribution in [-0.2, 0) is 6.18 Å². The van der Waals surface area contributed by atoms with E-state index in [0.717, 1.165) is 50.3 Å². The van der Waals surface area contributed by atoms with Gasteiger partial charge in [0, 0.05) is 56.8 Å². The molecule has 2 heterocycles. The first-order chi connectivity index (χ1) is 15.2. The Morgan fingerprint density at radius 2 is 1.66 bits per heavy atom. The zero-order valence-electron chi connectivity index (χ0n) is 18.0. The lowest BCUT2D eigenvalue weighted by atomic mass is 9.84. The van der Waals surface area contributed by atoms with Crippen molar-refractivity contribution < 1.29 is 22.4 Å². The largest absolute Gasteiger partial charge is 0.416 e. The third-order valence-electron chi connectivity index (χ3n) is 6.57. The molecule has 0 saturated carbocycles. The zero-order valence-corrected chi connectivity index (χ0v) is 18.0. The third kappa shape index (κ3) is 4.96. The number of alkyl halides is 3. The SMILES string of the molecule is CN1CCN([C@H]2CCN(C(=O)c3cc(F)cc(C(F)(F)F)c3)C[C@H]2c2ccccc2)CC1. The Balaban J connectivity index is 1.58. The molecule has 0 radical (unpaired) electrons. The van der Waals surface area contributed by atoms with E-state index in [2.05, 4.69) is 16.8 Å². The van der Waals surface area contributed by atoms with Crippen molar-refractivity contribution in [2.24, 2.45) is 0 Å². The Kier molecular flexibility index (Phi) is 6.53. The summed E-state index contributed by atoms with van der Waals surface area (Å²) in [7, 11) is 2.10. The second-order valence-corrected chi connectivity index (χ2v) is 8.69. The zero-order chi connectivity index (χ0) is 22.9. The van der Waals surface area contributed by atoms with Gasteiger partial charge in [-0.2, -0.15) is 13.2 Å². The number of piperidine rings is 1. The molecule has 4 rings (SSSR count). The summed E-state index contributed by atoms with van der Waals surface area (Å²) in [6, 6.07) is 12.2. The molecule has 4 nitrogen and oxygen atoms in total. The maximum atomic E-state index is 13.9. The predicted molar refractivity (Wildman–Crippen MR) is 114 cm³/mol. The molecule has 2 aromatic rings.